The molecule has 7 nitrogen and oxygen atoms in total. The fourth-order valence-corrected chi connectivity index (χ4v) is 4.81. The summed E-state index contributed by atoms with van der Waals surface area (Å²) in [7, 11) is -2.09. The van der Waals surface area contributed by atoms with E-state index in [0.29, 0.717) is 27.2 Å². The van der Waals surface area contributed by atoms with Crippen molar-refractivity contribution in [2.75, 3.05) is 7.11 Å². The summed E-state index contributed by atoms with van der Waals surface area (Å²) in [5, 5.41) is 3.83. The van der Waals surface area contributed by atoms with Crippen LogP contribution < -0.4 is 9.46 Å². The van der Waals surface area contributed by atoms with E-state index in [9.17, 15) is 8.42 Å². The molecule has 0 amide bonds. The molecule has 9 heteroatoms. The number of hydrogen-bond donors (Lipinski definition) is 1. The summed E-state index contributed by atoms with van der Waals surface area (Å²) >= 11 is 1.31. The molecule has 0 aliphatic rings. The van der Waals surface area contributed by atoms with Crippen LogP contribution in [0.2, 0.25) is 0 Å². The van der Waals surface area contributed by atoms with Gasteiger partial charge in [-0.25, -0.2) is 13.1 Å². The second kappa shape index (κ2) is 6.95. The van der Waals surface area contributed by atoms with Gasteiger partial charge in [0.15, 0.2) is 0 Å². The van der Waals surface area contributed by atoms with Crippen LogP contribution in [0.1, 0.15) is 16.3 Å². The maximum atomic E-state index is 12.6. The predicted octanol–water partition coefficient (Wildman–Crippen LogP) is 2.90. The van der Waals surface area contributed by atoms with E-state index < -0.39 is 10.0 Å². The Kier molecular flexibility index (Phi) is 4.89. The van der Waals surface area contributed by atoms with E-state index in [0.717, 1.165) is 5.56 Å². The Balaban J connectivity index is 1.81. The zero-order valence-electron chi connectivity index (χ0n) is 13.9. The number of aromatic nitrogens is 2. The number of thiophene rings is 1. The van der Waals surface area contributed by atoms with Gasteiger partial charge in [-0.2, -0.15) is 4.98 Å². The van der Waals surface area contributed by atoms with Crippen molar-refractivity contribution in [3.63, 3.8) is 0 Å². The molecule has 0 aliphatic heterocycles. The summed E-state index contributed by atoms with van der Waals surface area (Å²) in [5.41, 5.74) is 0.810. The third-order valence-corrected chi connectivity index (χ3v) is 6.21. The van der Waals surface area contributed by atoms with Gasteiger partial charge in [0.25, 0.3) is 0 Å². The first-order valence-corrected chi connectivity index (χ1v) is 9.73. The summed E-state index contributed by atoms with van der Waals surface area (Å²) in [5.74, 6) is 1.50. The molecular formula is C16H17N3O4S2. The van der Waals surface area contributed by atoms with Crippen LogP contribution in [0.3, 0.4) is 0 Å². The highest BCUT2D eigenvalue weighted by Crippen LogP contribution is 2.32. The van der Waals surface area contributed by atoms with Crippen LogP contribution in [0.25, 0.3) is 10.7 Å². The highest BCUT2D eigenvalue weighted by molar-refractivity contribution is 7.89. The molecule has 0 saturated carbocycles. The van der Waals surface area contributed by atoms with E-state index in [1.165, 1.54) is 11.3 Å². The number of rotatable bonds is 6. The second-order valence-electron chi connectivity index (χ2n) is 5.34. The zero-order chi connectivity index (χ0) is 18.0. The Morgan fingerprint density at radius 1 is 1.28 bits per heavy atom. The van der Waals surface area contributed by atoms with E-state index in [-0.39, 0.29) is 11.4 Å². The van der Waals surface area contributed by atoms with Crippen LogP contribution in [-0.4, -0.2) is 25.7 Å². The summed E-state index contributed by atoms with van der Waals surface area (Å²) in [4.78, 5) is 5.67. The smallest absolute Gasteiger partial charge is 0.241 e. The van der Waals surface area contributed by atoms with E-state index in [1.54, 1.807) is 39.2 Å². The van der Waals surface area contributed by atoms with Crippen molar-refractivity contribution in [2.24, 2.45) is 0 Å². The van der Waals surface area contributed by atoms with Crippen LogP contribution in [0, 0.1) is 13.8 Å². The normalized spacial score (nSPS) is 11.6. The van der Waals surface area contributed by atoms with Crippen molar-refractivity contribution in [3.8, 4) is 16.5 Å². The molecule has 0 fully saturated rings. The standard InChI is InChI=1S/C16H17N3O4S2/c1-10-15(8-14(24-10)16-18-11(2)23-19-16)25(20,21)17-9-12-5-4-6-13(7-12)22-3/h4-8,17H,9H2,1-3H3. The number of sulfonamides is 1. The van der Waals surface area contributed by atoms with Crippen LogP contribution >= 0.6 is 11.3 Å². The van der Waals surface area contributed by atoms with Gasteiger partial charge in [0.2, 0.25) is 21.7 Å². The maximum absolute atomic E-state index is 12.6. The number of aryl methyl sites for hydroxylation is 2. The number of ether oxygens (including phenoxy) is 1. The molecule has 1 N–H and O–H groups in total. The van der Waals surface area contributed by atoms with E-state index >= 15 is 0 Å². The van der Waals surface area contributed by atoms with Gasteiger partial charge < -0.3 is 9.26 Å². The average molecular weight is 379 g/mol. The van der Waals surface area contributed by atoms with E-state index in [4.69, 9.17) is 9.26 Å². The highest BCUT2D eigenvalue weighted by Gasteiger charge is 2.22. The summed E-state index contributed by atoms with van der Waals surface area (Å²) < 4.78 is 38.0. The largest absolute Gasteiger partial charge is 0.497 e. The van der Waals surface area contributed by atoms with Gasteiger partial charge in [-0.3, -0.25) is 0 Å². The van der Waals surface area contributed by atoms with Crippen molar-refractivity contribution >= 4 is 21.4 Å². The van der Waals surface area contributed by atoms with Crippen LogP contribution in [0.15, 0.2) is 39.8 Å². The van der Waals surface area contributed by atoms with Gasteiger partial charge in [0, 0.05) is 18.3 Å². The molecule has 0 radical (unpaired) electrons. The van der Waals surface area contributed by atoms with Gasteiger partial charge in [0.05, 0.1) is 16.9 Å². The third kappa shape index (κ3) is 3.89. The van der Waals surface area contributed by atoms with Gasteiger partial charge >= 0.3 is 0 Å². The molecule has 2 heterocycles. The van der Waals surface area contributed by atoms with Gasteiger partial charge in [-0.15, -0.1) is 11.3 Å². The molecule has 0 saturated heterocycles. The molecule has 3 rings (SSSR count). The molecule has 0 aliphatic carbocycles. The van der Waals surface area contributed by atoms with Crippen LogP contribution in [-0.2, 0) is 16.6 Å². The topological polar surface area (TPSA) is 94.3 Å². The minimum Gasteiger partial charge on any atom is -0.497 e. The first-order chi connectivity index (χ1) is 11.9. The predicted molar refractivity (Wildman–Crippen MR) is 94.1 cm³/mol. The number of methoxy groups -OCH3 is 1. The van der Waals surface area contributed by atoms with Gasteiger partial charge in [-0.05, 0) is 30.7 Å². The Hall–Kier alpha value is -2.23. The first-order valence-electron chi connectivity index (χ1n) is 7.43. The Morgan fingerprint density at radius 2 is 2.08 bits per heavy atom. The minimum absolute atomic E-state index is 0.172. The lowest BCUT2D eigenvalue weighted by molar-refractivity contribution is 0.394. The molecule has 25 heavy (non-hydrogen) atoms. The van der Waals surface area contributed by atoms with E-state index in [2.05, 4.69) is 14.9 Å². The maximum Gasteiger partial charge on any atom is 0.241 e. The molecule has 132 valence electrons. The molecule has 0 unspecified atom stereocenters. The molecule has 2 aromatic heterocycles. The van der Waals surface area contributed by atoms with Crippen molar-refractivity contribution in [1.82, 2.24) is 14.9 Å². The number of nitrogens with zero attached hydrogens (tertiary/aromatic N) is 2. The number of nitrogens with one attached hydrogen (secondary N) is 1. The average Bonchev–Trinajstić information content (AvgIpc) is 3.19. The van der Waals surface area contributed by atoms with Crippen molar-refractivity contribution in [2.45, 2.75) is 25.3 Å². The van der Waals surface area contributed by atoms with Gasteiger partial charge in [0.1, 0.15) is 5.75 Å². The first kappa shape index (κ1) is 17.6. The van der Waals surface area contributed by atoms with Crippen LogP contribution in [0.5, 0.6) is 5.75 Å². The van der Waals surface area contributed by atoms with Crippen molar-refractivity contribution in [3.05, 3.63) is 46.7 Å². The molecule has 0 spiro atoms. The molecule has 1 aromatic carbocycles. The zero-order valence-corrected chi connectivity index (χ0v) is 15.6. The lowest BCUT2D eigenvalue weighted by atomic mass is 10.2. The monoisotopic (exact) mass is 379 g/mol. The summed E-state index contributed by atoms with van der Waals surface area (Å²) in [6.45, 7) is 3.61. The van der Waals surface area contributed by atoms with E-state index in [1.807, 2.05) is 12.1 Å². The SMILES string of the molecule is COc1cccc(CNS(=O)(=O)c2cc(-c3noc(C)n3)sc2C)c1. The molecular weight excluding hydrogens is 362 g/mol. The quantitative estimate of drug-likeness (QED) is 0.708. The Bertz CT molecular complexity index is 992. The Labute approximate surface area is 149 Å². The molecule has 0 bridgehead atoms. The molecule has 3 aromatic rings. The van der Waals surface area contributed by atoms with Gasteiger partial charge in [-0.1, -0.05) is 17.3 Å². The fraction of sp³-hybridized carbons (Fsp3) is 0.250. The summed E-state index contributed by atoms with van der Waals surface area (Å²) in [6.07, 6.45) is 0. The fourth-order valence-electron chi connectivity index (χ4n) is 2.28. The second-order valence-corrected chi connectivity index (χ2v) is 8.34. The lowest BCUT2D eigenvalue weighted by Gasteiger charge is -2.07. The number of hydrogen-bond acceptors (Lipinski definition) is 7. The minimum atomic E-state index is -3.66. The highest BCUT2D eigenvalue weighted by atomic mass is 32.2. The molecule has 0 atom stereocenters. The number of benzene rings is 1. The van der Waals surface area contributed by atoms with Crippen molar-refractivity contribution in [1.29, 1.82) is 0 Å². The van der Waals surface area contributed by atoms with Crippen LogP contribution in [0.4, 0.5) is 0 Å². The Morgan fingerprint density at radius 3 is 2.76 bits per heavy atom. The lowest BCUT2D eigenvalue weighted by Crippen LogP contribution is -2.23. The third-order valence-electron chi connectivity index (χ3n) is 3.51. The van der Waals surface area contributed by atoms with Crippen molar-refractivity contribution < 1.29 is 17.7 Å². The summed E-state index contributed by atoms with van der Waals surface area (Å²) in [6, 6.07) is 8.81.